The van der Waals surface area contributed by atoms with Crippen LogP contribution in [0.3, 0.4) is 0 Å². The molecule has 0 aliphatic rings. The molecule has 0 heterocycles. The van der Waals surface area contributed by atoms with Crippen LogP contribution in [0, 0.1) is 20.8 Å². The number of rotatable bonds is 6. The van der Waals surface area contributed by atoms with Crippen molar-refractivity contribution in [3.8, 4) is 0 Å². The smallest absolute Gasteiger partial charge is 0.207 e. The lowest BCUT2D eigenvalue weighted by atomic mass is 9.98. The van der Waals surface area contributed by atoms with Crippen LogP contribution in [-0.2, 0) is 16.4 Å². The van der Waals surface area contributed by atoms with Crippen LogP contribution >= 0.6 is 12.6 Å². The largest absolute Gasteiger partial charge is 0.406 e. The maximum Gasteiger partial charge on any atom is 0.406 e. The first kappa shape index (κ1) is 22.8. The first-order valence-electron chi connectivity index (χ1n) is 8.81. The predicted octanol–water partition coefficient (Wildman–Crippen LogP) is 5.05. The molecule has 2 rings (SSSR count). The van der Waals surface area contributed by atoms with E-state index in [1.54, 1.807) is 57.2 Å². The van der Waals surface area contributed by atoms with Gasteiger partial charge in [0.15, 0.2) is 0 Å². The van der Waals surface area contributed by atoms with Gasteiger partial charge >= 0.3 is 6.18 Å². The third-order valence-electron chi connectivity index (χ3n) is 4.58. The average Bonchev–Trinajstić information content (AvgIpc) is 2.57. The normalized spacial score (nSPS) is 14.7. The lowest BCUT2D eigenvalue weighted by Crippen LogP contribution is -2.48. The Morgan fingerprint density at radius 2 is 1.61 bits per heavy atom. The van der Waals surface area contributed by atoms with Gasteiger partial charge in [-0.05, 0) is 49.4 Å². The van der Waals surface area contributed by atoms with Gasteiger partial charge in [0.25, 0.3) is 0 Å². The lowest BCUT2D eigenvalue weighted by Gasteiger charge is -2.28. The maximum absolute atomic E-state index is 13.8. The Balaban J connectivity index is 2.51. The van der Waals surface area contributed by atoms with Gasteiger partial charge in [0.1, 0.15) is 6.04 Å². The van der Waals surface area contributed by atoms with Crippen LogP contribution in [0.4, 0.5) is 13.2 Å². The first-order valence-corrected chi connectivity index (χ1v) is 10.8. The Bertz CT molecular complexity index is 933. The Labute approximate surface area is 169 Å². The summed E-state index contributed by atoms with van der Waals surface area (Å²) in [5.74, 6) is 0. The second-order valence-electron chi connectivity index (χ2n) is 6.87. The Kier molecular flexibility index (Phi) is 6.89. The summed E-state index contributed by atoms with van der Waals surface area (Å²) in [6, 6.07) is 7.51. The van der Waals surface area contributed by atoms with Crippen molar-refractivity contribution in [3.05, 3.63) is 64.2 Å². The van der Waals surface area contributed by atoms with E-state index in [1.165, 1.54) is 0 Å². The summed E-state index contributed by atoms with van der Waals surface area (Å²) in [4.78, 5) is -0.128. The SMILES string of the molecule is CCc1ccccc1C(S)C(NS(=O)(=O)c1c(C)cc(C)cc1C)C(F)(F)F. The fourth-order valence-electron chi connectivity index (χ4n) is 3.45. The molecule has 3 nitrogen and oxygen atoms in total. The Morgan fingerprint density at radius 3 is 2.11 bits per heavy atom. The van der Waals surface area contributed by atoms with Gasteiger partial charge < -0.3 is 0 Å². The van der Waals surface area contributed by atoms with Crippen LogP contribution in [-0.4, -0.2) is 20.6 Å². The van der Waals surface area contributed by atoms with Crippen molar-refractivity contribution < 1.29 is 21.6 Å². The number of hydrogen-bond acceptors (Lipinski definition) is 3. The molecular weight excluding hydrogens is 407 g/mol. The molecule has 0 radical (unpaired) electrons. The van der Waals surface area contributed by atoms with Crippen LogP contribution in [0.5, 0.6) is 0 Å². The van der Waals surface area contributed by atoms with E-state index in [4.69, 9.17) is 0 Å². The van der Waals surface area contributed by atoms with Gasteiger partial charge in [0.2, 0.25) is 10.0 Å². The second kappa shape index (κ2) is 8.47. The number of aryl methyl sites for hydroxylation is 4. The maximum atomic E-state index is 13.8. The highest BCUT2D eigenvalue weighted by Gasteiger charge is 2.47. The number of hydrogen-bond donors (Lipinski definition) is 2. The van der Waals surface area contributed by atoms with Gasteiger partial charge in [-0.2, -0.15) is 30.5 Å². The van der Waals surface area contributed by atoms with Crippen molar-refractivity contribution in [2.45, 2.75) is 56.5 Å². The molecule has 8 heteroatoms. The molecule has 0 bridgehead atoms. The van der Waals surface area contributed by atoms with E-state index in [0.29, 0.717) is 28.7 Å². The van der Waals surface area contributed by atoms with E-state index >= 15 is 0 Å². The lowest BCUT2D eigenvalue weighted by molar-refractivity contribution is -0.151. The minimum absolute atomic E-state index is 0.128. The zero-order valence-corrected chi connectivity index (χ0v) is 17.8. The number of alkyl halides is 3. The molecule has 28 heavy (non-hydrogen) atoms. The molecule has 0 spiro atoms. The summed E-state index contributed by atoms with van der Waals surface area (Å²) in [7, 11) is -4.41. The molecule has 0 aliphatic heterocycles. The van der Waals surface area contributed by atoms with Crippen molar-refractivity contribution in [1.82, 2.24) is 4.72 Å². The van der Waals surface area contributed by atoms with Crippen molar-refractivity contribution in [2.75, 3.05) is 0 Å². The van der Waals surface area contributed by atoms with Gasteiger partial charge in [-0.25, -0.2) is 8.42 Å². The third-order valence-corrected chi connectivity index (χ3v) is 6.90. The van der Waals surface area contributed by atoms with E-state index in [-0.39, 0.29) is 4.90 Å². The minimum atomic E-state index is -4.81. The zero-order valence-electron chi connectivity index (χ0n) is 16.1. The Morgan fingerprint density at radius 1 is 1.07 bits per heavy atom. The summed E-state index contributed by atoms with van der Waals surface area (Å²) < 4.78 is 69.1. The third kappa shape index (κ3) is 4.90. The van der Waals surface area contributed by atoms with Crippen molar-refractivity contribution in [3.63, 3.8) is 0 Å². The standard InChI is InChI=1S/C20H24F3NO2S2/c1-5-15-8-6-7-9-16(15)17(27)19(20(21,22)23)24-28(25,26)18-13(3)10-12(2)11-14(18)4/h6-11,17,19,24,27H,5H2,1-4H3. The van der Waals surface area contributed by atoms with Gasteiger partial charge in [-0.15, -0.1) is 0 Å². The van der Waals surface area contributed by atoms with Gasteiger partial charge in [0.05, 0.1) is 10.1 Å². The van der Waals surface area contributed by atoms with E-state index in [1.807, 2.05) is 11.6 Å². The number of nitrogens with one attached hydrogen (secondary N) is 1. The highest BCUT2D eigenvalue weighted by molar-refractivity contribution is 7.89. The van der Waals surface area contributed by atoms with Gasteiger partial charge in [-0.3, -0.25) is 0 Å². The van der Waals surface area contributed by atoms with Crippen LogP contribution in [0.2, 0.25) is 0 Å². The molecule has 1 N–H and O–H groups in total. The van der Waals surface area contributed by atoms with Crippen molar-refractivity contribution >= 4 is 22.7 Å². The van der Waals surface area contributed by atoms with Crippen molar-refractivity contribution in [1.29, 1.82) is 0 Å². The molecule has 154 valence electrons. The average molecular weight is 432 g/mol. The van der Waals surface area contributed by atoms with Crippen molar-refractivity contribution in [2.24, 2.45) is 0 Å². The number of halogens is 3. The van der Waals surface area contributed by atoms with Crippen LogP contribution < -0.4 is 4.72 Å². The number of thiol groups is 1. The first-order chi connectivity index (χ1) is 12.9. The highest BCUT2D eigenvalue weighted by Crippen LogP contribution is 2.37. The second-order valence-corrected chi connectivity index (χ2v) is 9.07. The molecule has 0 amide bonds. The molecule has 0 aliphatic carbocycles. The molecule has 2 aromatic carbocycles. The molecule has 2 atom stereocenters. The van der Waals surface area contributed by atoms with Crippen LogP contribution in [0.25, 0.3) is 0 Å². The molecule has 0 fully saturated rings. The minimum Gasteiger partial charge on any atom is -0.207 e. The summed E-state index contributed by atoms with van der Waals surface area (Å²) in [5, 5.41) is -1.38. The monoisotopic (exact) mass is 431 g/mol. The number of benzene rings is 2. The van der Waals surface area contributed by atoms with Gasteiger partial charge in [-0.1, -0.05) is 48.9 Å². The van der Waals surface area contributed by atoms with E-state index < -0.39 is 27.5 Å². The highest BCUT2D eigenvalue weighted by atomic mass is 32.2. The summed E-state index contributed by atoms with van der Waals surface area (Å²) in [6.45, 7) is 6.77. The van der Waals surface area contributed by atoms with Gasteiger partial charge in [0, 0.05) is 0 Å². The van der Waals surface area contributed by atoms with Crippen LogP contribution in [0.15, 0.2) is 41.3 Å². The fraction of sp³-hybridized carbons (Fsp3) is 0.400. The summed E-state index contributed by atoms with van der Waals surface area (Å²) in [5.41, 5.74) is 2.69. The molecular formula is C20H24F3NO2S2. The molecule has 0 saturated carbocycles. The number of sulfonamides is 1. The quantitative estimate of drug-likeness (QED) is 0.629. The predicted molar refractivity (Wildman–Crippen MR) is 108 cm³/mol. The molecule has 0 saturated heterocycles. The zero-order chi connectivity index (χ0) is 21.3. The van der Waals surface area contributed by atoms with E-state index in [9.17, 15) is 21.6 Å². The van der Waals surface area contributed by atoms with Crippen LogP contribution in [0.1, 0.15) is 40.0 Å². The van der Waals surface area contributed by atoms with E-state index in [0.717, 1.165) is 5.56 Å². The molecule has 2 unspecified atom stereocenters. The molecule has 0 aromatic heterocycles. The summed E-state index contributed by atoms with van der Waals surface area (Å²) >= 11 is 4.18. The Hall–Kier alpha value is -1.51. The topological polar surface area (TPSA) is 46.2 Å². The fourth-order valence-corrected chi connectivity index (χ4v) is 5.74. The molecule has 2 aromatic rings. The summed E-state index contributed by atoms with van der Waals surface area (Å²) in [6.07, 6.45) is -4.30. The van der Waals surface area contributed by atoms with E-state index in [2.05, 4.69) is 12.6 Å².